The van der Waals surface area contributed by atoms with Gasteiger partial charge in [0.1, 0.15) is 0 Å². The van der Waals surface area contributed by atoms with Crippen LogP contribution in [0.4, 0.5) is 87.8 Å². The van der Waals surface area contributed by atoms with E-state index in [0.29, 0.717) is 0 Å². The van der Waals surface area contributed by atoms with Crippen molar-refractivity contribution in [3.05, 3.63) is 23.6 Å². The van der Waals surface area contributed by atoms with E-state index >= 15 is 0 Å². The zero-order valence-electron chi connectivity index (χ0n) is 12.6. The van der Waals surface area contributed by atoms with E-state index in [9.17, 15) is 87.8 Å². The molecule has 0 fully saturated rings. The zero-order valence-corrected chi connectivity index (χ0v) is 12.6. The fraction of sp³-hybridized carbons (Fsp3) is 0.600. The normalized spacial score (nSPS) is 15.2. The van der Waals surface area contributed by atoms with Crippen molar-refractivity contribution in [2.75, 3.05) is 0 Å². The number of rotatable bonds is 3. The summed E-state index contributed by atoms with van der Waals surface area (Å²) in [4.78, 5) is 0. The Hall–Kier alpha value is -1.92. The summed E-state index contributed by atoms with van der Waals surface area (Å²) in [5, 5.41) is 0. The van der Waals surface area contributed by atoms with E-state index in [-0.39, 0.29) is 0 Å². The number of alkyl halides is 15. The molecule has 180 valence electrons. The Morgan fingerprint density at radius 3 is 0.800 bits per heavy atom. The fourth-order valence-electron chi connectivity index (χ4n) is 0.857. The molecule has 0 saturated carbocycles. The SMILES string of the molecule is FC(F)(F)C(F)(F)C(F)(F)C(F)(F)C(F)(F)F.FC(F)=C(F)C(F)=C(F)C(F)(F)F. The van der Waals surface area contributed by atoms with Crippen LogP contribution >= 0.6 is 0 Å². The van der Waals surface area contributed by atoms with Crippen LogP contribution in [0.3, 0.4) is 0 Å². The van der Waals surface area contributed by atoms with Crippen molar-refractivity contribution >= 4 is 0 Å². The van der Waals surface area contributed by atoms with Gasteiger partial charge >= 0.3 is 42.4 Å². The summed E-state index contributed by atoms with van der Waals surface area (Å²) in [5.74, 6) is -32.7. The number of allylic oxidation sites excluding steroid dienone is 3. The summed E-state index contributed by atoms with van der Waals surface area (Å²) in [5.41, 5.74) is 0. The van der Waals surface area contributed by atoms with Crippen molar-refractivity contribution in [1.82, 2.24) is 0 Å². The lowest BCUT2D eigenvalue weighted by Gasteiger charge is -2.34. The average Bonchev–Trinajstić information content (AvgIpc) is 2.49. The van der Waals surface area contributed by atoms with Crippen LogP contribution in [0.2, 0.25) is 0 Å². The van der Waals surface area contributed by atoms with Gasteiger partial charge in [0.2, 0.25) is 17.5 Å². The molecule has 0 N–H and O–H groups in total. The first-order valence-corrected chi connectivity index (χ1v) is 5.78. The molecule has 20 heteroatoms. The lowest BCUT2D eigenvalue weighted by molar-refractivity contribution is -0.438. The topological polar surface area (TPSA) is 0 Å². The minimum absolute atomic E-state index is 3.16. The highest BCUT2D eigenvalue weighted by atomic mass is 19.4. The van der Waals surface area contributed by atoms with Crippen LogP contribution in [0, 0.1) is 0 Å². The number of hydrogen-bond donors (Lipinski definition) is 0. The molecule has 0 unspecified atom stereocenters. The molecule has 0 saturated heterocycles. The van der Waals surface area contributed by atoms with E-state index in [2.05, 4.69) is 0 Å². The first-order chi connectivity index (χ1) is 12.7. The van der Waals surface area contributed by atoms with Crippen LogP contribution < -0.4 is 0 Å². The van der Waals surface area contributed by atoms with E-state index in [4.69, 9.17) is 0 Å². The van der Waals surface area contributed by atoms with E-state index in [1.807, 2.05) is 0 Å². The molecule has 0 aromatic carbocycles. The fourth-order valence-corrected chi connectivity index (χ4v) is 0.857. The molecular formula is C10F20. The minimum Gasteiger partial charge on any atom is -0.200 e. The zero-order chi connectivity index (χ0) is 25.3. The summed E-state index contributed by atoms with van der Waals surface area (Å²) >= 11 is 0. The summed E-state index contributed by atoms with van der Waals surface area (Å²) in [7, 11) is 0. The van der Waals surface area contributed by atoms with E-state index in [1.54, 1.807) is 0 Å². The maximum atomic E-state index is 12.0. The molecule has 0 aliphatic heterocycles. The predicted molar refractivity (Wildman–Crippen MR) is 52.6 cm³/mol. The summed E-state index contributed by atoms with van der Waals surface area (Å²) < 4.78 is 231. The Morgan fingerprint density at radius 1 is 0.367 bits per heavy atom. The van der Waals surface area contributed by atoms with Crippen molar-refractivity contribution < 1.29 is 87.8 Å². The molecule has 0 spiro atoms. The van der Waals surface area contributed by atoms with Gasteiger partial charge in [0.25, 0.3) is 0 Å². The van der Waals surface area contributed by atoms with Gasteiger partial charge < -0.3 is 0 Å². The maximum Gasteiger partial charge on any atom is 0.460 e. The van der Waals surface area contributed by atoms with Gasteiger partial charge in [-0.25, -0.2) is 4.39 Å². The second-order valence-electron chi connectivity index (χ2n) is 4.42. The van der Waals surface area contributed by atoms with Crippen LogP contribution in [0.25, 0.3) is 0 Å². The molecule has 0 heterocycles. The molecule has 0 aromatic heterocycles. The highest BCUT2D eigenvalue weighted by molar-refractivity contribution is 5.24. The smallest absolute Gasteiger partial charge is 0.200 e. The van der Waals surface area contributed by atoms with Gasteiger partial charge in [-0.05, 0) is 0 Å². The molecule has 0 aromatic rings. The van der Waals surface area contributed by atoms with Gasteiger partial charge in [-0.1, -0.05) is 0 Å². The van der Waals surface area contributed by atoms with Crippen LogP contribution in [0.5, 0.6) is 0 Å². The molecular weight excluding hydrogens is 500 g/mol. The summed E-state index contributed by atoms with van der Waals surface area (Å²) in [6, 6.07) is 0. The summed E-state index contributed by atoms with van der Waals surface area (Å²) in [6.07, 6.45) is -23.7. The van der Waals surface area contributed by atoms with Crippen molar-refractivity contribution in [2.24, 2.45) is 0 Å². The minimum atomic E-state index is -7.66. The van der Waals surface area contributed by atoms with Gasteiger partial charge in [0.05, 0.1) is 0 Å². The van der Waals surface area contributed by atoms with Gasteiger partial charge in [-0.3, -0.25) is 0 Å². The molecule has 30 heavy (non-hydrogen) atoms. The van der Waals surface area contributed by atoms with Crippen LogP contribution in [-0.4, -0.2) is 36.3 Å². The predicted octanol–water partition coefficient (Wildman–Crippen LogP) is 7.79. The quantitative estimate of drug-likeness (QED) is 0.274. The third kappa shape index (κ3) is 6.05. The first kappa shape index (κ1) is 30.3. The Kier molecular flexibility index (Phi) is 8.75. The van der Waals surface area contributed by atoms with Crippen LogP contribution in [-0.2, 0) is 0 Å². The van der Waals surface area contributed by atoms with Crippen LogP contribution in [0.15, 0.2) is 23.6 Å². The van der Waals surface area contributed by atoms with Gasteiger partial charge in [0, 0.05) is 0 Å². The Balaban J connectivity index is 0. The van der Waals surface area contributed by atoms with Gasteiger partial charge in [-0.15, -0.1) is 0 Å². The second-order valence-corrected chi connectivity index (χ2v) is 4.42. The van der Waals surface area contributed by atoms with Crippen molar-refractivity contribution in [1.29, 1.82) is 0 Å². The maximum absolute atomic E-state index is 12.0. The van der Waals surface area contributed by atoms with Crippen LogP contribution in [0.1, 0.15) is 0 Å². The van der Waals surface area contributed by atoms with E-state index in [0.717, 1.165) is 0 Å². The second kappa shape index (κ2) is 8.67. The number of hydrogen-bond acceptors (Lipinski definition) is 0. The molecule has 0 aliphatic rings. The third-order valence-corrected chi connectivity index (χ3v) is 2.30. The highest BCUT2D eigenvalue weighted by Crippen LogP contribution is 2.57. The molecule has 0 atom stereocenters. The Morgan fingerprint density at radius 2 is 0.633 bits per heavy atom. The third-order valence-electron chi connectivity index (χ3n) is 2.30. The lowest BCUT2D eigenvalue weighted by Crippen LogP contribution is -2.65. The summed E-state index contributed by atoms with van der Waals surface area (Å²) in [6.45, 7) is 0. The molecule has 0 aliphatic carbocycles. The van der Waals surface area contributed by atoms with Crippen molar-refractivity contribution in [2.45, 2.75) is 36.3 Å². The molecule has 0 rings (SSSR count). The molecule has 0 nitrogen and oxygen atoms in total. The van der Waals surface area contributed by atoms with Gasteiger partial charge in [-0.2, -0.15) is 83.4 Å². The average molecular weight is 500 g/mol. The Bertz CT molecular complexity index is 619. The van der Waals surface area contributed by atoms with Gasteiger partial charge in [0.15, 0.2) is 0 Å². The molecule has 0 bridgehead atoms. The van der Waals surface area contributed by atoms with E-state index < -0.39 is 59.9 Å². The van der Waals surface area contributed by atoms with Crippen molar-refractivity contribution in [3.8, 4) is 0 Å². The molecule has 0 radical (unpaired) electrons. The molecule has 0 amide bonds. The monoisotopic (exact) mass is 500 g/mol. The van der Waals surface area contributed by atoms with E-state index in [1.165, 1.54) is 0 Å². The first-order valence-electron chi connectivity index (χ1n) is 5.78. The number of halogens is 20. The lowest BCUT2D eigenvalue weighted by atomic mass is 10.0. The standard InChI is InChI=1S/C5F12.C5F8/c6-1(7,2(8,9)4(12,13)14)3(10,11)5(15,16)17;6-1(2(7)4(9)10)3(8)5(11,12)13. The van der Waals surface area contributed by atoms with Crippen molar-refractivity contribution in [3.63, 3.8) is 0 Å². The highest BCUT2D eigenvalue weighted by Gasteiger charge is 2.88. The Labute approximate surface area is 149 Å². The largest absolute Gasteiger partial charge is 0.460 e.